The number of hydrogen-bond acceptors (Lipinski definition) is 2. The van der Waals surface area contributed by atoms with Crippen molar-refractivity contribution in [2.75, 3.05) is 26.7 Å². The lowest BCUT2D eigenvalue weighted by Gasteiger charge is -2.36. The van der Waals surface area contributed by atoms with Crippen LogP contribution in [0.2, 0.25) is 0 Å². The zero-order valence-electron chi connectivity index (χ0n) is 13.0. The summed E-state index contributed by atoms with van der Waals surface area (Å²) in [4.78, 5) is 2.55. The maximum Gasteiger partial charge on any atom is 0.123 e. The summed E-state index contributed by atoms with van der Waals surface area (Å²) in [7, 11) is 2.01. The van der Waals surface area contributed by atoms with Gasteiger partial charge in [0.05, 0.1) is 0 Å². The van der Waals surface area contributed by atoms with Crippen LogP contribution in [0.5, 0.6) is 0 Å². The fourth-order valence-corrected chi connectivity index (χ4v) is 4.00. The molecule has 2 atom stereocenters. The van der Waals surface area contributed by atoms with Crippen molar-refractivity contribution in [1.82, 2.24) is 10.2 Å². The molecule has 0 aliphatic carbocycles. The summed E-state index contributed by atoms with van der Waals surface area (Å²) in [5.41, 5.74) is 1.10. The van der Waals surface area contributed by atoms with E-state index in [0.29, 0.717) is 12.0 Å². The molecule has 2 rings (SSSR count). The number of nitrogens with one attached hydrogen (secondary N) is 1. The third kappa shape index (κ3) is 4.27. The first kappa shape index (κ1) is 16.9. The predicted octanol–water partition coefficient (Wildman–Crippen LogP) is 4.36. The van der Waals surface area contributed by atoms with Crippen LogP contribution in [-0.2, 0) is 0 Å². The van der Waals surface area contributed by atoms with Crippen molar-refractivity contribution in [3.63, 3.8) is 0 Å². The number of rotatable bonds is 5. The van der Waals surface area contributed by atoms with Crippen LogP contribution in [0.15, 0.2) is 22.7 Å². The topological polar surface area (TPSA) is 15.3 Å². The molecule has 118 valence electrons. The Morgan fingerprint density at radius 2 is 2.19 bits per heavy atom. The van der Waals surface area contributed by atoms with E-state index in [-0.39, 0.29) is 5.82 Å². The second kappa shape index (κ2) is 8.25. The van der Waals surface area contributed by atoms with Gasteiger partial charge < -0.3 is 5.32 Å². The van der Waals surface area contributed by atoms with Crippen molar-refractivity contribution in [1.29, 1.82) is 0 Å². The van der Waals surface area contributed by atoms with Crippen LogP contribution in [0.3, 0.4) is 0 Å². The van der Waals surface area contributed by atoms with Crippen molar-refractivity contribution in [2.24, 2.45) is 5.92 Å². The molecule has 21 heavy (non-hydrogen) atoms. The van der Waals surface area contributed by atoms with Crippen molar-refractivity contribution < 1.29 is 4.39 Å². The van der Waals surface area contributed by atoms with Crippen LogP contribution in [0.4, 0.5) is 4.39 Å². The van der Waals surface area contributed by atoms with Gasteiger partial charge in [-0.05, 0) is 75.6 Å². The summed E-state index contributed by atoms with van der Waals surface area (Å²) < 4.78 is 14.8. The van der Waals surface area contributed by atoms with E-state index in [1.807, 2.05) is 13.1 Å². The van der Waals surface area contributed by atoms with Gasteiger partial charge in [0.15, 0.2) is 0 Å². The van der Waals surface area contributed by atoms with Gasteiger partial charge in [-0.15, -0.1) is 0 Å². The van der Waals surface area contributed by atoms with Crippen molar-refractivity contribution in [2.45, 2.75) is 38.6 Å². The highest BCUT2D eigenvalue weighted by Crippen LogP contribution is 2.38. The molecule has 0 saturated carbocycles. The maximum absolute atomic E-state index is 13.8. The van der Waals surface area contributed by atoms with E-state index in [2.05, 4.69) is 33.1 Å². The van der Waals surface area contributed by atoms with E-state index in [1.165, 1.54) is 25.3 Å². The van der Waals surface area contributed by atoms with Crippen molar-refractivity contribution >= 4 is 15.9 Å². The highest BCUT2D eigenvalue weighted by Gasteiger charge is 2.31. The summed E-state index contributed by atoms with van der Waals surface area (Å²) in [6.45, 7) is 5.39. The minimum absolute atomic E-state index is 0.142. The molecular formula is C17H26BrFN2. The Balaban J connectivity index is 2.39. The molecule has 0 aromatic heterocycles. The average Bonchev–Trinajstić information content (AvgIpc) is 2.65. The first-order valence-electron chi connectivity index (χ1n) is 8.01. The first-order chi connectivity index (χ1) is 10.2. The summed E-state index contributed by atoms with van der Waals surface area (Å²) >= 11 is 3.63. The third-order valence-electron chi connectivity index (χ3n) is 4.36. The SMILES string of the molecule is CCCN1CCCCC(CNC)C1c1cc(F)ccc1Br. The van der Waals surface area contributed by atoms with Gasteiger partial charge in [-0.25, -0.2) is 4.39 Å². The van der Waals surface area contributed by atoms with Crippen LogP contribution in [0, 0.1) is 11.7 Å². The quantitative estimate of drug-likeness (QED) is 0.842. The lowest BCUT2D eigenvalue weighted by atomic mass is 9.89. The Hall–Kier alpha value is -0.450. The molecule has 0 spiro atoms. The molecule has 1 saturated heterocycles. The minimum Gasteiger partial charge on any atom is -0.319 e. The van der Waals surface area contributed by atoms with E-state index < -0.39 is 0 Å². The van der Waals surface area contributed by atoms with Gasteiger partial charge in [0, 0.05) is 10.5 Å². The second-order valence-corrected chi connectivity index (χ2v) is 6.81. The molecule has 0 radical (unpaired) electrons. The van der Waals surface area contributed by atoms with E-state index in [9.17, 15) is 4.39 Å². The van der Waals surface area contributed by atoms with Gasteiger partial charge in [0.2, 0.25) is 0 Å². The molecule has 0 bridgehead atoms. The molecule has 2 nitrogen and oxygen atoms in total. The van der Waals surface area contributed by atoms with Crippen molar-refractivity contribution in [3.8, 4) is 0 Å². The molecule has 1 heterocycles. The number of likely N-dealkylation sites (tertiary alicyclic amines) is 1. The number of nitrogens with zero attached hydrogens (tertiary/aromatic N) is 1. The molecular weight excluding hydrogens is 331 g/mol. The number of halogens is 2. The predicted molar refractivity (Wildman–Crippen MR) is 90.0 cm³/mol. The Bertz CT molecular complexity index is 436. The largest absolute Gasteiger partial charge is 0.319 e. The summed E-state index contributed by atoms with van der Waals surface area (Å²) in [5.74, 6) is 0.388. The van der Waals surface area contributed by atoms with E-state index in [1.54, 1.807) is 6.07 Å². The smallest absolute Gasteiger partial charge is 0.123 e. The number of benzene rings is 1. The minimum atomic E-state index is -0.142. The Kier molecular flexibility index (Phi) is 6.65. The fourth-order valence-electron chi connectivity index (χ4n) is 3.52. The van der Waals surface area contributed by atoms with Crippen LogP contribution < -0.4 is 5.32 Å². The Morgan fingerprint density at radius 3 is 2.90 bits per heavy atom. The normalized spacial score (nSPS) is 24.0. The molecule has 1 fully saturated rings. The standard InChI is InChI=1S/C17H26BrFN2/c1-3-9-21-10-5-4-6-13(12-20-2)17(21)15-11-14(19)7-8-16(15)18/h7-8,11,13,17,20H,3-6,9-10,12H2,1-2H3. The molecule has 4 heteroatoms. The van der Waals surface area contributed by atoms with Gasteiger partial charge in [-0.1, -0.05) is 29.3 Å². The lowest BCUT2D eigenvalue weighted by molar-refractivity contribution is 0.154. The van der Waals surface area contributed by atoms with Crippen LogP contribution >= 0.6 is 15.9 Å². The summed E-state index contributed by atoms with van der Waals surface area (Å²) in [6, 6.07) is 5.38. The molecule has 1 aliphatic rings. The van der Waals surface area contributed by atoms with E-state index >= 15 is 0 Å². The summed E-state index contributed by atoms with van der Waals surface area (Å²) in [6.07, 6.45) is 4.84. The molecule has 1 N–H and O–H groups in total. The zero-order valence-corrected chi connectivity index (χ0v) is 14.6. The summed E-state index contributed by atoms with van der Waals surface area (Å²) in [5, 5.41) is 3.33. The van der Waals surface area contributed by atoms with Gasteiger partial charge >= 0.3 is 0 Å². The van der Waals surface area contributed by atoms with E-state index in [4.69, 9.17) is 0 Å². The van der Waals surface area contributed by atoms with Crippen LogP contribution in [0.1, 0.15) is 44.2 Å². The lowest BCUT2D eigenvalue weighted by Crippen LogP contribution is -2.37. The van der Waals surface area contributed by atoms with Crippen LogP contribution in [-0.4, -0.2) is 31.6 Å². The van der Waals surface area contributed by atoms with Gasteiger partial charge in [0.1, 0.15) is 5.82 Å². The number of hydrogen-bond donors (Lipinski definition) is 1. The second-order valence-electron chi connectivity index (χ2n) is 5.96. The molecule has 1 aliphatic heterocycles. The van der Waals surface area contributed by atoms with Gasteiger partial charge in [-0.2, -0.15) is 0 Å². The fraction of sp³-hybridized carbons (Fsp3) is 0.647. The monoisotopic (exact) mass is 356 g/mol. The molecule has 0 amide bonds. The average molecular weight is 357 g/mol. The van der Waals surface area contributed by atoms with Crippen LogP contribution in [0.25, 0.3) is 0 Å². The van der Waals surface area contributed by atoms with Gasteiger partial charge in [-0.3, -0.25) is 4.90 Å². The highest BCUT2D eigenvalue weighted by atomic mass is 79.9. The molecule has 2 unspecified atom stereocenters. The molecule has 1 aromatic carbocycles. The Labute approximate surface area is 136 Å². The first-order valence-corrected chi connectivity index (χ1v) is 8.80. The van der Waals surface area contributed by atoms with Crippen molar-refractivity contribution in [3.05, 3.63) is 34.1 Å². The third-order valence-corrected chi connectivity index (χ3v) is 5.09. The Morgan fingerprint density at radius 1 is 1.38 bits per heavy atom. The van der Waals surface area contributed by atoms with Gasteiger partial charge in [0.25, 0.3) is 0 Å². The highest BCUT2D eigenvalue weighted by molar-refractivity contribution is 9.10. The van der Waals surface area contributed by atoms with E-state index in [0.717, 1.165) is 36.1 Å². The molecule has 1 aromatic rings. The zero-order chi connectivity index (χ0) is 15.2. The maximum atomic E-state index is 13.8.